The Labute approximate surface area is 124 Å². The van der Waals surface area contributed by atoms with Crippen LogP contribution in [-0.4, -0.2) is 30.1 Å². The number of likely N-dealkylation sites (tertiary alicyclic amines) is 1. The fraction of sp³-hybridized carbons (Fsp3) is 0.571. The molecule has 0 radical (unpaired) electrons. The Hall–Kier alpha value is -0.350. The number of benzene rings is 1. The van der Waals surface area contributed by atoms with Crippen LogP contribution in [0.4, 0.5) is 4.39 Å². The molecule has 3 rings (SSSR count). The molecule has 0 saturated carbocycles. The summed E-state index contributed by atoms with van der Waals surface area (Å²) in [6.07, 6.45) is 3.71. The third-order valence-corrected chi connectivity index (χ3v) is 4.32. The largest absolute Gasteiger partial charge is 0.310 e. The molecule has 2 bridgehead atoms. The van der Waals surface area contributed by atoms with Crippen LogP contribution in [0.1, 0.15) is 24.8 Å². The first-order valence-electron chi connectivity index (χ1n) is 6.63. The zero-order valence-electron chi connectivity index (χ0n) is 10.7. The van der Waals surface area contributed by atoms with E-state index in [0.717, 1.165) is 13.1 Å². The number of nitrogens with zero attached hydrogens (tertiary/aromatic N) is 1. The first kappa shape index (κ1) is 15.0. The Morgan fingerprint density at radius 3 is 2.89 bits per heavy atom. The van der Waals surface area contributed by atoms with Crippen molar-refractivity contribution in [3.63, 3.8) is 0 Å². The smallest absolute Gasteiger partial charge is 0.146 e. The molecular weight excluding hydrogens is 286 g/mol. The van der Waals surface area contributed by atoms with Crippen molar-refractivity contribution in [2.45, 2.75) is 37.9 Å². The lowest BCUT2D eigenvalue weighted by atomic mass is 10.1. The van der Waals surface area contributed by atoms with Gasteiger partial charge in [0.2, 0.25) is 0 Å². The SMILES string of the molecule is Cl.Fc1c(Cl)cccc1CN1CCC2CCC(C1)N2. The van der Waals surface area contributed by atoms with E-state index in [9.17, 15) is 4.39 Å². The highest BCUT2D eigenvalue weighted by atomic mass is 35.5. The van der Waals surface area contributed by atoms with Gasteiger partial charge in [-0.3, -0.25) is 4.90 Å². The van der Waals surface area contributed by atoms with Gasteiger partial charge in [0.05, 0.1) is 5.02 Å². The molecule has 106 valence electrons. The van der Waals surface area contributed by atoms with E-state index in [0.29, 0.717) is 24.2 Å². The number of rotatable bonds is 2. The molecule has 5 heteroatoms. The summed E-state index contributed by atoms with van der Waals surface area (Å²) in [5, 5.41) is 3.86. The van der Waals surface area contributed by atoms with Crippen molar-refractivity contribution in [1.82, 2.24) is 10.2 Å². The summed E-state index contributed by atoms with van der Waals surface area (Å²) < 4.78 is 13.9. The second-order valence-corrected chi connectivity index (χ2v) is 5.78. The van der Waals surface area contributed by atoms with Crippen LogP contribution in [-0.2, 0) is 6.54 Å². The third-order valence-electron chi connectivity index (χ3n) is 4.03. The normalized spacial score (nSPS) is 26.8. The van der Waals surface area contributed by atoms with E-state index >= 15 is 0 Å². The summed E-state index contributed by atoms with van der Waals surface area (Å²) in [7, 11) is 0. The second-order valence-electron chi connectivity index (χ2n) is 5.37. The van der Waals surface area contributed by atoms with E-state index in [1.807, 2.05) is 12.1 Å². The van der Waals surface area contributed by atoms with Gasteiger partial charge in [-0.05, 0) is 25.3 Å². The van der Waals surface area contributed by atoms with Gasteiger partial charge in [-0.2, -0.15) is 0 Å². The lowest BCUT2D eigenvalue weighted by molar-refractivity contribution is 0.248. The number of halogens is 3. The minimum absolute atomic E-state index is 0. The summed E-state index contributed by atoms with van der Waals surface area (Å²) in [6.45, 7) is 2.72. The molecule has 2 saturated heterocycles. The van der Waals surface area contributed by atoms with Gasteiger partial charge in [0.15, 0.2) is 0 Å². The minimum atomic E-state index is -0.262. The molecule has 1 aromatic carbocycles. The third kappa shape index (κ3) is 3.40. The Bertz CT molecular complexity index is 441. The summed E-state index contributed by atoms with van der Waals surface area (Å²) in [6, 6.07) is 6.51. The molecule has 2 fully saturated rings. The van der Waals surface area contributed by atoms with Gasteiger partial charge in [-0.15, -0.1) is 12.4 Å². The van der Waals surface area contributed by atoms with E-state index < -0.39 is 0 Å². The fourth-order valence-electron chi connectivity index (χ4n) is 3.07. The Balaban J connectivity index is 0.00000133. The van der Waals surface area contributed by atoms with Crippen molar-refractivity contribution >= 4 is 24.0 Å². The van der Waals surface area contributed by atoms with Crippen molar-refractivity contribution in [3.8, 4) is 0 Å². The van der Waals surface area contributed by atoms with Gasteiger partial charge in [0.25, 0.3) is 0 Å². The molecule has 1 aromatic rings. The van der Waals surface area contributed by atoms with Gasteiger partial charge < -0.3 is 5.32 Å². The van der Waals surface area contributed by atoms with Crippen LogP contribution in [0.15, 0.2) is 18.2 Å². The molecular formula is C14H19Cl2FN2. The highest BCUT2D eigenvalue weighted by Gasteiger charge is 2.29. The maximum atomic E-state index is 13.9. The number of hydrogen-bond acceptors (Lipinski definition) is 2. The van der Waals surface area contributed by atoms with Crippen LogP contribution in [0.2, 0.25) is 5.02 Å². The van der Waals surface area contributed by atoms with Crippen LogP contribution in [0, 0.1) is 5.82 Å². The summed E-state index contributed by atoms with van der Waals surface area (Å²) in [5.41, 5.74) is 0.709. The highest BCUT2D eigenvalue weighted by molar-refractivity contribution is 6.30. The fourth-order valence-corrected chi connectivity index (χ4v) is 3.26. The molecule has 2 atom stereocenters. The van der Waals surface area contributed by atoms with Gasteiger partial charge in [-0.1, -0.05) is 23.7 Å². The number of nitrogens with one attached hydrogen (secondary N) is 1. The molecule has 1 N–H and O–H groups in total. The lowest BCUT2D eigenvalue weighted by Crippen LogP contribution is -2.35. The monoisotopic (exact) mass is 304 g/mol. The van der Waals surface area contributed by atoms with Crippen LogP contribution in [0.3, 0.4) is 0 Å². The molecule has 2 nitrogen and oxygen atoms in total. The summed E-state index contributed by atoms with van der Waals surface area (Å²) >= 11 is 5.82. The Morgan fingerprint density at radius 1 is 1.26 bits per heavy atom. The maximum Gasteiger partial charge on any atom is 0.146 e. The highest BCUT2D eigenvalue weighted by Crippen LogP contribution is 2.23. The summed E-state index contributed by atoms with van der Waals surface area (Å²) in [4.78, 5) is 2.34. The van der Waals surface area contributed by atoms with E-state index in [1.165, 1.54) is 19.3 Å². The van der Waals surface area contributed by atoms with Crippen molar-refractivity contribution in [1.29, 1.82) is 0 Å². The van der Waals surface area contributed by atoms with Gasteiger partial charge in [0.1, 0.15) is 5.82 Å². The molecule has 2 aliphatic rings. The van der Waals surface area contributed by atoms with Crippen LogP contribution in [0.25, 0.3) is 0 Å². The van der Waals surface area contributed by atoms with Crippen molar-refractivity contribution < 1.29 is 4.39 Å². The van der Waals surface area contributed by atoms with Crippen LogP contribution >= 0.6 is 24.0 Å². The van der Waals surface area contributed by atoms with Gasteiger partial charge in [-0.25, -0.2) is 4.39 Å². The summed E-state index contributed by atoms with van der Waals surface area (Å²) in [5.74, 6) is -0.262. The second kappa shape index (κ2) is 6.40. The topological polar surface area (TPSA) is 15.3 Å². The predicted molar refractivity (Wildman–Crippen MR) is 78.5 cm³/mol. The predicted octanol–water partition coefficient (Wildman–Crippen LogP) is 3.23. The average molecular weight is 305 g/mol. The van der Waals surface area contributed by atoms with E-state index in [2.05, 4.69) is 10.2 Å². The Kier molecular flexibility index (Phi) is 5.07. The molecule has 19 heavy (non-hydrogen) atoms. The minimum Gasteiger partial charge on any atom is -0.310 e. The molecule has 0 amide bonds. The first-order chi connectivity index (χ1) is 8.72. The average Bonchev–Trinajstić information content (AvgIpc) is 2.68. The number of fused-ring (bicyclic) bond motifs is 2. The van der Waals surface area contributed by atoms with Crippen LogP contribution < -0.4 is 5.32 Å². The van der Waals surface area contributed by atoms with E-state index in [1.54, 1.807) is 6.07 Å². The molecule has 2 heterocycles. The van der Waals surface area contributed by atoms with Crippen molar-refractivity contribution in [3.05, 3.63) is 34.6 Å². The lowest BCUT2D eigenvalue weighted by Gasteiger charge is -2.24. The standard InChI is InChI=1S/C14H18ClFN2.ClH/c15-13-3-1-2-10(14(13)16)8-18-7-6-11-4-5-12(9-18)17-11;/h1-3,11-12,17H,4-9H2;1H. The molecule has 0 aromatic heterocycles. The van der Waals surface area contributed by atoms with Gasteiger partial charge >= 0.3 is 0 Å². The molecule has 2 aliphatic heterocycles. The maximum absolute atomic E-state index is 13.9. The zero-order valence-corrected chi connectivity index (χ0v) is 12.3. The van der Waals surface area contributed by atoms with Crippen LogP contribution in [0.5, 0.6) is 0 Å². The molecule has 2 unspecified atom stereocenters. The molecule has 0 spiro atoms. The van der Waals surface area contributed by atoms with Crippen molar-refractivity contribution in [2.75, 3.05) is 13.1 Å². The quantitative estimate of drug-likeness (QED) is 0.902. The van der Waals surface area contributed by atoms with Gasteiger partial charge in [0, 0.05) is 37.3 Å². The molecule has 0 aliphatic carbocycles. The van der Waals surface area contributed by atoms with E-state index in [4.69, 9.17) is 11.6 Å². The van der Waals surface area contributed by atoms with Crippen molar-refractivity contribution in [2.24, 2.45) is 0 Å². The Morgan fingerprint density at radius 2 is 2.05 bits per heavy atom. The number of hydrogen-bond donors (Lipinski definition) is 1. The zero-order chi connectivity index (χ0) is 12.5. The van der Waals surface area contributed by atoms with E-state index in [-0.39, 0.29) is 23.2 Å². The first-order valence-corrected chi connectivity index (χ1v) is 7.01.